The van der Waals surface area contributed by atoms with E-state index in [0.717, 1.165) is 50.7 Å². The molecule has 3 fully saturated rings. The maximum Gasteiger partial charge on any atom is 0.240 e. The van der Waals surface area contributed by atoms with Crippen LogP contribution in [0.5, 0.6) is 0 Å². The number of hydrogen-bond donors (Lipinski definition) is 0. The molecule has 2 saturated heterocycles. The molecule has 6 nitrogen and oxygen atoms in total. The summed E-state index contributed by atoms with van der Waals surface area (Å²) in [6, 6.07) is 0.471. The second kappa shape index (κ2) is 9.57. The first kappa shape index (κ1) is 21.6. The summed E-state index contributed by atoms with van der Waals surface area (Å²) in [6.45, 7) is 8.03. The summed E-state index contributed by atoms with van der Waals surface area (Å²) in [7, 11) is 0. The molecule has 1 saturated carbocycles. The standard InChI is InChI=1S/C21H34N4O2.ClH/c1-15(2)20-22-19(27-23-20)14-24-12-9-16(10-13-24)18-6-4-3-5-11-25(18)21(26)17-7-8-17;/h15-18H,3-14H2,1-2H3;1H. The van der Waals surface area contributed by atoms with E-state index in [1.165, 1.54) is 38.5 Å². The zero-order valence-electron chi connectivity index (χ0n) is 17.3. The summed E-state index contributed by atoms with van der Waals surface area (Å²) in [6.07, 6.45) is 9.51. The minimum Gasteiger partial charge on any atom is -0.339 e. The Balaban J connectivity index is 0.00000225. The zero-order valence-corrected chi connectivity index (χ0v) is 18.1. The summed E-state index contributed by atoms with van der Waals surface area (Å²) >= 11 is 0. The molecule has 1 atom stereocenters. The number of carbonyl (C=O) groups excluding carboxylic acids is 1. The zero-order chi connectivity index (χ0) is 18.8. The Labute approximate surface area is 174 Å². The van der Waals surface area contributed by atoms with Crippen LogP contribution in [0.25, 0.3) is 0 Å². The maximum absolute atomic E-state index is 12.8. The molecule has 0 spiro atoms. The van der Waals surface area contributed by atoms with Crippen molar-refractivity contribution in [2.75, 3.05) is 19.6 Å². The Morgan fingerprint density at radius 1 is 1.07 bits per heavy atom. The van der Waals surface area contributed by atoms with Crippen LogP contribution in [0, 0.1) is 11.8 Å². The van der Waals surface area contributed by atoms with Gasteiger partial charge in [-0.3, -0.25) is 9.69 Å². The van der Waals surface area contributed by atoms with Gasteiger partial charge >= 0.3 is 0 Å². The van der Waals surface area contributed by atoms with Gasteiger partial charge in [0, 0.05) is 24.4 Å². The first-order valence-electron chi connectivity index (χ1n) is 11.0. The molecule has 1 aliphatic carbocycles. The number of hydrogen-bond acceptors (Lipinski definition) is 5. The monoisotopic (exact) mass is 410 g/mol. The van der Waals surface area contributed by atoms with E-state index in [-0.39, 0.29) is 12.4 Å². The van der Waals surface area contributed by atoms with Gasteiger partial charge in [0.25, 0.3) is 0 Å². The third kappa shape index (κ3) is 5.07. The fourth-order valence-corrected chi connectivity index (χ4v) is 4.72. The van der Waals surface area contributed by atoms with Gasteiger partial charge in [0.05, 0.1) is 6.54 Å². The van der Waals surface area contributed by atoms with E-state index in [1.54, 1.807) is 0 Å². The lowest BCUT2D eigenvalue weighted by Gasteiger charge is -2.40. The van der Waals surface area contributed by atoms with Gasteiger partial charge in [-0.25, -0.2) is 0 Å². The Hall–Kier alpha value is -1.14. The second-order valence-electron chi connectivity index (χ2n) is 9.04. The summed E-state index contributed by atoms with van der Waals surface area (Å²) in [5.74, 6) is 3.29. The molecule has 3 aliphatic rings. The van der Waals surface area contributed by atoms with E-state index in [4.69, 9.17) is 4.52 Å². The van der Waals surface area contributed by atoms with Crippen LogP contribution in [0.4, 0.5) is 0 Å². The molecule has 2 aliphatic heterocycles. The number of nitrogens with zero attached hydrogens (tertiary/aromatic N) is 4. The second-order valence-corrected chi connectivity index (χ2v) is 9.04. The average Bonchev–Trinajstić information content (AvgIpc) is 3.45. The summed E-state index contributed by atoms with van der Waals surface area (Å²) < 4.78 is 5.41. The molecule has 0 bridgehead atoms. The lowest BCUT2D eigenvalue weighted by molar-refractivity contribution is -0.136. The Bertz CT molecular complexity index is 638. The first-order chi connectivity index (χ1) is 13.1. The summed E-state index contributed by atoms with van der Waals surface area (Å²) in [4.78, 5) is 22.0. The molecule has 0 radical (unpaired) electrons. The molecule has 1 unspecified atom stereocenters. The SMILES string of the molecule is CC(C)c1noc(CN2CCC(C3CCCCCN3C(=O)C3CC3)CC2)n1.Cl. The van der Waals surface area contributed by atoms with E-state index in [9.17, 15) is 4.79 Å². The highest BCUT2D eigenvalue weighted by molar-refractivity contribution is 5.85. The van der Waals surface area contributed by atoms with Crippen LogP contribution in [0.1, 0.15) is 82.8 Å². The fourth-order valence-electron chi connectivity index (χ4n) is 4.72. The molecular weight excluding hydrogens is 376 g/mol. The van der Waals surface area contributed by atoms with E-state index < -0.39 is 0 Å². The Kier molecular flexibility index (Phi) is 7.37. The molecule has 0 aromatic carbocycles. The predicted molar refractivity (Wildman–Crippen MR) is 110 cm³/mol. The quantitative estimate of drug-likeness (QED) is 0.733. The van der Waals surface area contributed by atoms with Gasteiger partial charge in [-0.1, -0.05) is 31.8 Å². The molecule has 1 aromatic rings. The van der Waals surface area contributed by atoms with Crippen molar-refractivity contribution < 1.29 is 9.32 Å². The van der Waals surface area contributed by atoms with Crippen molar-refractivity contribution in [3.63, 3.8) is 0 Å². The number of rotatable bonds is 5. The minimum absolute atomic E-state index is 0. The number of carbonyl (C=O) groups is 1. The van der Waals surface area contributed by atoms with Crippen molar-refractivity contribution in [2.24, 2.45) is 11.8 Å². The number of halogens is 1. The van der Waals surface area contributed by atoms with Crippen LogP contribution >= 0.6 is 12.4 Å². The molecule has 1 aromatic heterocycles. The molecule has 28 heavy (non-hydrogen) atoms. The van der Waals surface area contributed by atoms with Crippen molar-refractivity contribution in [1.82, 2.24) is 19.9 Å². The third-order valence-corrected chi connectivity index (χ3v) is 6.54. The molecule has 0 N–H and O–H groups in total. The Morgan fingerprint density at radius 3 is 2.46 bits per heavy atom. The highest BCUT2D eigenvalue weighted by Gasteiger charge is 2.39. The molecule has 7 heteroatoms. The number of likely N-dealkylation sites (tertiary alicyclic amines) is 2. The van der Waals surface area contributed by atoms with Crippen molar-refractivity contribution in [3.05, 3.63) is 11.7 Å². The fraction of sp³-hybridized carbons (Fsp3) is 0.857. The van der Waals surface area contributed by atoms with Gasteiger partial charge in [-0.2, -0.15) is 4.98 Å². The number of aromatic nitrogens is 2. The van der Waals surface area contributed by atoms with Gasteiger partial charge in [0.2, 0.25) is 11.8 Å². The highest BCUT2D eigenvalue weighted by atomic mass is 35.5. The predicted octanol–water partition coefficient (Wildman–Crippen LogP) is 4.01. The molecular formula is C21H35ClN4O2. The van der Waals surface area contributed by atoms with E-state index in [2.05, 4.69) is 33.8 Å². The van der Waals surface area contributed by atoms with Crippen molar-refractivity contribution in [1.29, 1.82) is 0 Å². The lowest BCUT2D eigenvalue weighted by Crippen LogP contribution is -2.48. The van der Waals surface area contributed by atoms with Crippen molar-refractivity contribution in [2.45, 2.75) is 83.7 Å². The number of piperidine rings is 1. The van der Waals surface area contributed by atoms with Crippen LogP contribution in [-0.2, 0) is 11.3 Å². The molecule has 4 rings (SSSR count). The lowest BCUT2D eigenvalue weighted by atomic mass is 9.86. The summed E-state index contributed by atoms with van der Waals surface area (Å²) in [5, 5.41) is 4.07. The van der Waals surface area contributed by atoms with Gasteiger partial charge in [-0.15, -0.1) is 12.4 Å². The number of amides is 1. The minimum atomic E-state index is 0. The normalized spacial score (nSPS) is 24.8. The van der Waals surface area contributed by atoms with Crippen molar-refractivity contribution >= 4 is 18.3 Å². The van der Waals surface area contributed by atoms with E-state index >= 15 is 0 Å². The van der Waals surface area contributed by atoms with Crippen LogP contribution in [0.2, 0.25) is 0 Å². The van der Waals surface area contributed by atoms with E-state index in [1.807, 2.05) is 0 Å². The van der Waals surface area contributed by atoms with Crippen LogP contribution in [-0.4, -0.2) is 51.5 Å². The van der Waals surface area contributed by atoms with Gasteiger partial charge in [0.15, 0.2) is 5.82 Å². The molecule has 3 heterocycles. The van der Waals surface area contributed by atoms with Crippen LogP contribution < -0.4 is 0 Å². The third-order valence-electron chi connectivity index (χ3n) is 6.54. The topological polar surface area (TPSA) is 62.5 Å². The average molecular weight is 411 g/mol. The van der Waals surface area contributed by atoms with E-state index in [0.29, 0.717) is 29.7 Å². The molecule has 1 amide bonds. The van der Waals surface area contributed by atoms with Crippen molar-refractivity contribution in [3.8, 4) is 0 Å². The van der Waals surface area contributed by atoms with Gasteiger partial charge in [0.1, 0.15) is 0 Å². The van der Waals surface area contributed by atoms with Crippen LogP contribution in [0.15, 0.2) is 4.52 Å². The van der Waals surface area contributed by atoms with Crippen LogP contribution in [0.3, 0.4) is 0 Å². The Morgan fingerprint density at radius 2 is 1.82 bits per heavy atom. The highest BCUT2D eigenvalue weighted by Crippen LogP contribution is 2.36. The van der Waals surface area contributed by atoms with Gasteiger partial charge in [-0.05, 0) is 57.5 Å². The molecule has 158 valence electrons. The largest absolute Gasteiger partial charge is 0.339 e. The first-order valence-corrected chi connectivity index (χ1v) is 11.0. The smallest absolute Gasteiger partial charge is 0.240 e. The maximum atomic E-state index is 12.8. The van der Waals surface area contributed by atoms with Gasteiger partial charge < -0.3 is 9.42 Å². The summed E-state index contributed by atoms with van der Waals surface area (Å²) in [5.41, 5.74) is 0.